The second-order valence-electron chi connectivity index (χ2n) is 9.57. The van der Waals surface area contributed by atoms with E-state index in [1.165, 1.54) is 0 Å². The topological polar surface area (TPSA) is 96.4 Å². The molecule has 0 saturated carbocycles. The van der Waals surface area contributed by atoms with E-state index >= 15 is 0 Å². The van der Waals surface area contributed by atoms with Gasteiger partial charge in [0.15, 0.2) is 5.78 Å². The molecule has 3 rings (SSSR count). The van der Waals surface area contributed by atoms with Crippen molar-refractivity contribution in [3.8, 4) is 11.1 Å². The van der Waals surface area contributed by atoms with Crippen molar-refractivity contribution >= 4 is 23.5 Å². The van der Waals surface area contributed by atoms with Crippen molar-refractivity contribution in [1.29, 1.82) is 0 Å². The molecule has 1 amide bonds. The average Bonchev–Trinajstić information content (AvgIpc) is 2.86. The zero-order chi connectivity index (χ0) is 26.1. The Morgan fingerprint density at radius 2 is 1.61 bits per heavy atom. The predicted octanol–water partition coefficient (Wildman–Crippen LogP) is 6.34. The van der Waals surface area contributed by atoms with Crippen molar-refractivity contribution in [2.24, 2.45) is 11.8 Å². The highest BCUT2D eigenvalue weighted by atomic mass is 16.4. The summed E-state index contributed by atoms with van der Waals surface area (Å²) in [6.07, 6.45) is 2.28. The molecule has 0 radical (unpaired) electrons. The summed E-state index contributed by atoms with van der Waals surface area (Å²) >= 11 is 0. The molecule has 0 bridgehead atoms. The molecule has 0 aliphatic carbocycles. The molecule has 1 atom stereocenters. The number of pyridine rings is 1. The number of aliphatic carboxylic acids is 1. The van der Waals surface area contributed by atoms with E-state index in [0.29, 0.717) is 36.6 Å². The number of rotatable bonds is 12. The van der Waals surface area contributed by atoms with Crippen LogP contribution in [0.15, 0.2) is 66.7 Å². The SMILES string of the molecule is Cc1nc(NC(=O)CCC(C)C)ccc1-c1ccc(C(=O)CC(CCc2ccccc2)C(=O)O)cc1. The quantitative estimate of drug-likeness (QED) is 0.291. The van der Waals surface area contributed by atoms with Gasteiger partial charge in [-0.15, -0.1) is 0 Å². The molecular weight excluding hydrogens is 452 g/mol. The van der Waals surface area contributed by atoms with Gasteiger partial charge < -0.3 is 10.4 Å². The van der Waals surface area contributed by atoms with E-state index in [0.717, 1.165) is 28.8 Å². The molecule has 1 unspecified atom stereocenters. The van der Waals surface area contributed by atoms with Crippen LogP contribution in [0.5, 0.6) is 0 Å². The van der Waals surface area contributed by atoms with Gasteiger partial charge in [-0.05, 0) is 55.4 Å². The molecule has 1 heterocycles. The molecule has 0 aliphatic rings. The Balaban J connectivity index is 1.62. The molecular formula is C30H34N2O4. The Morgan fingerprint density at radius 1 is 0.917 bits per heavy atom. The van der Waals surface area contributed by atoms with Crippen molar-refractivity contribution in [2.75, 3.05) is 5.32 Å². The van der Waals surface area contributed by atoms with Crippen LogP contribution < -0.4 is 5.32 Å². The second kappa shape index (κ2) is 12.8. The maximum atomic E-state index is 12.8. The number of benzene rings is 2. The van der Waals surface area contributed by atoms with Crippen LogP contribution in [-0.2, 0) is 16.0 Å². The summed E-state index contributed by atoms with van der Waals surface area (Å²) in [4.78, 5) is 41.2. The van der Waals surface area contributed by atoms with Crippen LogP contribution in [0, 0.1) is 18.8 Å². The molecule has 0 spiro atoms. The van der Waals surface area contributed by atoms with Crippen LogP contribution >= 0.6 is 0 Å². The fourth-order valence-electron chi connectivity index (χ4n) is 4.04. The summed E-state index contributed by atoms with van der Waals surface area (Å²) in [5.41, 5.74) is 4.12. The lowest BCUT2D eigenvalue weighted by Crippen LogP contribution is -2.19. The Kier molecular flexibility index (Phi) is 9.51. The van der Waals surface area contributed by atoms with Crippen LogP contribution in [0.25, 0.3) is 11.1 Å². The molecule has 2 N–H and O–H groups in total. The zero-order valence-electron chi connectivity index (χ0n) is 21.2. The summed E-state index contributed by atoms with van der Waals surface area (Å²) in [5.74, 6) is -0.925. The molecule has 0 aliphatic heterocycles. The van der Waals surface area contributed by atoms with Crippen LogP contribution in [0.3, 0.4) is 0 Å². The summed E-state index contributed by atoms with van der Waals surface area (Å²) in [6, 6.07) is 20.5. The van der Waals surface area contributed by atoms with Crippen molar-refractivity contribution in [1.82, 2.24) is 4.98 Å². The van der Waals surface area contributed by atoms with Crippen molar-refractivity contribution < 1.29 is 19.5 Å². The Morgan fingerprint density at radius 3 is 2.22 bits per heavy atom. The van der Waals surface area contributed by atoms with E-state index < -0.39 is 11.9 Å². The number of nitrogens with zero attached hydrogens (tertiary/aromatic N) is 1. The van der Waals surface area contributed by atoms with Gasteiger partial charge in [-0.3, -0.25) is 14.4 Å². The number of hydrogen-bond acceptors (Lipinski definition) is 4. The van der Waals surface area contributed by atoms with Gasteiger partial charge in [-0.2, -0.15) is 0 Å². The number of carboxylic acids is 1. The fraction of sp³-hybridized carbons (Fsp3) is 0.333. The number of amides is 1. The van der Waals surface area contributed by atoms with Crippen molar-refractivity contribution in [3.05, 3.63) is 83.6 Å². The predicted molar refractivity (Wildman–Crippen MR) is 142 cm³/mol. The molecule has 0 fully saturated rings. The number of Topliss-reactive ketones (excluding diaryl/α,β-unsaturated/α-hetero) is 1. The molecule has 1 aromatic heterocycles. The van der Waals surface area contributed by atoms with E-state index in [9.17, 15) is 19.5 Å². The largest absolute Gasteiger partial charge is 0.481 e. The Labute approximate surface area is 212 Å². The van der Waals surface area contributed by atoms with E-state index in [2.05, 4.69) is 24.1 Å². The van der Waals surface area contributed by atoms with Crippen molar-refractivity contribution in [3.63, 3.8) is 0 Å². The van der Waals surface area contributed by atoms with E-state index in [4.69, 9.17) is 0 Å². The lowest BCUT2D eigenvalue weighted by atomic mass is 9.92. The van der Waals surface area contributed by atoms with E-state index in [1.54, 1.807) is 18.2 Å². The molecule has 36 heavy (non-hydrogen) atoms. The van der Waals surface area contributed by atoms with Gasteiger partial charge in [0.25, 0.3) is 0 Å². The summed E-state index contributed by atoms with van der Waals surface area (Å²) in [5, 5.41) is 12.5. The third kappa shape index (κ3) is 7.87. The maximum Gasteiger partial charge on any atom is 0.306 e. The lowest BCUT2D eigenvalue weighted by molar-refractivity contribution is -0.141. The third-order valence-corrected chi connectivity index (χ3v) is 6.23. The Hall–Kier alpha value is -3.80. The van der Waals surface area contributed by atoms with Gasteiger partial charge in [-0.25, -0.2) is 4.98 Å². The number of carbonyl (C=O) groups excluding carboxylic acids is 2. The smallest absolute Gasteiger partial charge is 0.306 e. The Bertz CT molecular complexity index is 1190. The van der Waals surface area contributed by atoms with Gasteiger partial charge in [0, 0.05) is 29.7 Å². The maximum absolute atomic E-state index is 12.8. The first-order valence-electron chi connectivity index (χ1n) is 12.4. The minimum absolute atomic E-state index is 0.0344. The molecule has 3 aromatic rings. The number of nitrogens with one attached hydrogen (secondary N) is 1. The number of hydrogen-bond donors (Lipinski definition) is 2. The number of ketones is 1. The molecule has 188 valence electrons. The summed E-state index contributed by atoms with van der Waals surface area (Å²) in [6.45, 7) is 6.04. The molecule has 6 heteroatoms. The van der Waals surface area contributed by atoms with Gasteiger partial charge >= 0.3 is 5.97 Å². The minimum atomic E-state index is -0.950. The second-order valence-corrected chi connectivity index (χ2v) is 9.57. The minimum Gasteiger partial charge on any atom is -0.481 e. The zero-order valence-corrected chi connectivity index (χ0v) is 21.2. The third-order valence-electron chi connectivity index (χ3n) is 6.23. The van der Waals surface area contributed by atoms with Gasteiger partial charge in [0.2, 0.25) is 5.91 Å². The highest BCUT2D eigenvalue weighted by molar-refractivity contribution is 5.98. The molecule has 6 nitrogen and oxygen atoms in total. The number of carboxylic acid groups (broad SMARTS) is 1. The highest BCUT2D eigenvalue weighted by Crippen LogP contribution is 2.25. The number of carbonyl (C=O) groups is 3. The standard InChI is InChI=1S/C30H34N2O4/c1-20(2)9-18-29(34)32-28-17-16-26(21(3)31-28)23-12-14-24(15-13-23)27(33)19-25(30(35)36)11-10-22-7-5-4-6-8-22/h4-8,12-17,20,25H,9-11,18-19H2,1-3H3,(H,35,36)(H,31,32,34). The lowest BCUT2D eigenvalue weighted by Gasteiger charge is -2.13. The average molecular weight is 487 g/mol. The van der Waals surface area contributed by atoms with Gasteiger partial charge in [0.1, 0.15) is 5.82 Å². The summed E-state index contributed by atoms with van der Waals surface area (Å²) < 4.78 is 0. The van der Waals surface area contributed by atoms with Crippen LogP contribution in [0.4, 0.5) is 5.82 Å². The monoisotopic (exact) mass is 486 g/mol. The first kappa shape index (κ1) is 26.8. The highest BCUT2D eigenvalue weighted by Gasteiger charge is 2.22. The van der Waals surface area contributed by atoms with Crippen molar-refractivity contribution in [2.45, 2.75) is 52.9 Å². The van der Waals surface area contributed by atoms with Gasteiger partial charge in [-0.1, -0.05) is 68.4 Å². The number of anilines is 1. The number of aromatic nitrogens is 1. The van der Waals surface area contributed by atoms with Crippen LogP contribution in [0.2, 0.25) is 0 Å². The van der Waals surface area contributed by atoms with E-state index in [1.807, 2.05) is 55.5 Å². The molecule has 2 aromatic carbocycles. The first-order valence-corrected chi connectivity index (χ1v) is 12.4. The molecule has 0 saturated heterocycles. The number of aryl methyl sites for hydroxylation is 2. The first-order chi connectivity index (χ1) is 17.2. The fourth-order valence-corrected chi connectivity index (χ4v) is 4.04. The van der Waals surface area contributed by atoms with Crippen LogP contribution in [0.1, 0.15) is 61.1 Å². The van der Waals surface area contributed by atoms with Gasteiger partial charge in [0.05, 0.1) is 5.92 Å². The normalized spacial score (nSPS) is 11.8. The van der Waals surface area contributed by atoms with E-state index in [-0.39, 0.29) is 18.1 Å². The van der Waals surface area contributed by atoms with Crippen LogP contribution in [-0.4, -0.2) is 27.8 Å². The summed E-state index contributed by atoms with van der Waals surface area (Å²) in [7, 11) is 0.